The zero-order valence-electron chi connectivity index (χ0n) is 14.7. The Morgan fingerprint density at radius 3 is 2.68 bits per heavy atom. The molecular formula is C21H23IN2O. The predicted molar refractivity (Wildman–Crippen MR) is 110 cm³/mol. The Balaban J connectivity index is 1.58. The summed E-state index contributed by atoms with van der Waals surface area (Å²) in [5, 5.41) is 0. The maximum atomic E-state index is 5.96. The van der Waals surface area contributed by atoms with Gasteiger partial charge in [0, 0.05) is 28.8 Å². The summed E-state index contributed by atoms with van der Waals surface area (Å²) in [7, 11) is 0. The molecule has 4 heteroatoms. The molecule has 0 saturated carbocycles. The van der Waals surface area contributed by atoms with Gasteiger partial charge in [-0.25, -0.2) is 4.98 Å². The number of hydrogen-bond acceptors (Lipinski definition) is 3. The molecular weight excluding hydrogens is 423 g/mol. The number of aromatic nitrogens is 1. The van der Waals surface area contributed by atoms with Crippen LogP contribution in [0.25, 0.3) is 22.6 Å². The van der Waals surface area contributed by atoms with Crippen molar-refractivity contribution < 1.29 is 4.42 Å². The van der Waals surface area contributed by atoms with E-state index in [-0.39, 0.29) is 0 Å². The van der Waals surface area contributed by atoms with Crippen LogP contribution >= 0.6 is 22.6 Å². The van der Waals surface area contributed by atoms with Gasteiger partial charge in [-0.1, -0.05) is 26.0 Å². The van der Waals surface area contributed by atoms with Crippen molar-refractivity contribution in [1.82, 2.24) is 9.88 Å². The van der Waals surface area contributed by atoms with E-state index in [0.717, 1.165) is 35.0 Å². The third-order valence-electron chi connectivity index (χ3n) is 4.87. The summed E-state index contributed by atoms with van der Waals surface area (Å²) in [6.07, 6.45) is 1.35. The molecule has 0 spiro atoms. The van der Waals surface area contributed by atoms with Crippen LogP contribution in [0.4, 0.5) is 0 Å². The van der Waals surface area contributed by atoms with E-state index in [1.165, 1.54) is 28.6 Å². The average Bonchev–Trinajstić information content (AvgIpc) is 2.97. The SMILES string of the molecule is C[C@@H]1C[C@H](C)CN(Cc2ccc3oc(-c4cccc(I)c4)nc3c2)C1. The average molecular weight is 446 g/mol. The molecule has 130 valence electrons. The lowest BCUT2D eigenvalue weighted by molar-refractivity contribution is 0.134. The van der Waals surface area contributed by atoms with Gasteiger partial charge >= 0.3 is 0 Å². The minimum atomic E-state index is 0.700. The Kier molecular flexibility index (Phi) is 4.82. The molecule has 4 rings (SSSR count). The van der Waals surface area contributed by atoms with Gasteiger partial charge < -0.3 is 4.42 Å². The lowest BCUT2D eigenvalue weighted by Gasteiger charge is -2.34. The van der Waals surface area contributed by atoms with Gasteiger partial charge in [-0.3, -0.25) is 4.90 Å². The maximum absolute atomic E-state index is 5.96. The van der Waals surface area contributed by atoms with Gasteiger partial charge in [-0.15, -0.1) is 0 Å². The summed E-state index contributed by atoms with van der Waals surface area (Å²) in [6.45, 7) is 8.09. The summed E-state index contributed by atoms with van der Waals surface area (Å²) < 4.78 is 7.15. The second-order valence-corrected chi connectivity index (χ2v) is 8.72. The van der Waals surface area contributed by atoms with E-state index in [9.17, 15) is 0 Å². The van der Waals surface area contributed by atoms with Crippen LogP contribution in [-0.2, 0) is 6.54 Å². The zero-order chi connectivity index (χ0) is 17.4. The second kappa shape index (κ2) is 7.08. The fourth-order valence-corrected chi connectivity index (χ4v) is 4.54. The van der Waals surface area contributed by atoms with Gasteiger partial charge in [0.05, 0.1) is 0 Å². The Morgan fingerprint density at radius 2 is 1.92 bits per heavy atom. The molecule has 1 aliphatic rings. The smallest absolute Gasteiger partial charge is 0.227 e. The Bertz CT molecular complexity index is 878. The summed E-state index contributed by atoms with van der Waals surface area (Å²) in [6, 6.07) is 14.7. The molecule has 0 unspecified atom stereocenters. The lowest BCUT2D eigenvalue weighted by atomic mass is 9.91. The van der Waals surface area contributed by atoms with Crippen LogP contribution in [0.3, 0.4) is 0 Å². The largest absolute Gasteiger partial charge is 0.436 e. The lowest BCUT2D eigenvalue weighted by Crippen LogP contribution is -2.38. The number of halogens is 1. The highest BCUT2D eigenvalue weighted by molar-refractivity contribution is 14.1. The molecule has 1 aliphatic heterocycles. The molecule has 0 bridgehead atoms. The molecule has 1 saturated heterocycles. The number of likely N-dealkylation sites (tertiary alicyclic amines) is 1. The molecule has 3 nitrogen and oxygen atoms in total. The van der Waals surface area contributed by atoms with E-state index < -0.39 is 0 Å². The zero-order valence-corrected chi connectivity index (χ0v) is 16.9. The van der Waals surface area contributed by atoms with Crippen LogP contribution in [0.2, 0.25) is 0 Å². The molecule has 25 heavy (non-hydrogen) atoms. The van der Waals surface area contributed by atoms with Crippen LogP contribution in [0.15, 0.2) is 46.9 Å². The van der Waals surface area contributed by atoms with Crippen molar-refractivity contribution in [1.29, 1.82) is 0 Å². The van der Waals surface area contributed by atoms with Crippen molar-refractivity contribution in [3.05, 3.63) is 51.6 Å². The summed E-state index contributed by atoms with van der Waals surface area (Å²) in [4.78, 5) is 7.29. The van der Waals surface area contributed by atoms with Crippen molar-refractivity contribution in [2.45, 2.75) is 26.8 Å². The standard InChI is InChI=1S/C21H23IN2O/c1-14-8-15(2)12-24(11-14)13-16-6-7-20-19(9-16)23-21(25-20)17-4-3-5-18(22)10-17/h3-7,9-10,14-15H,8,11-13H2,1-2H3/t14-,15+. The van der Waals surface area contributed by atoms with E-state index in [1.54, 1.807) is 0 Å². The quantitative estimate of drug-likeness (QED) is 0.492. The van der Waals surface area contributed by atoms with E-state index in [4.69, 9.17) is 9.40 Å². The highest BCUT2D eigenvalue weighted by Crippen LogP contribution is 2.27. The molecule has 0 N–H and O–H groups in total. The van der Waals surface area contributed by atoms with Crippen molar-refractivity contribution in [2.24, 2.45) is 11.8 Å². The summed E-state index contributed by atoms with van der Waals surface area (Å²) in [5.74, 6) is 2.27. The van der Waals surface area contributed by atoms with E-state index in [0.29, 0.717) is 5.89 Å². The summed E-state index contributed by atoms with van der Waals surface area (Å²) >= 11 is 2.31. The van der Waals surface area contributed by atoms with Crippen LogP contribution in [0.1, 0.15) is 25.8 Å². The molecule has 0 aliphatic carbocycles. The molecule has 0 amide bonds. The molecule has 2 aromatic carbocycles. The first-order chi connectivity index (χ1) is 12.1. The topological polar surface area (TPSA) is 29.3 Å². The molecule has 2 atom stereocenters. The number of piperidine rings is 1. The fraction of sp³-hybridized carbons (Fsp3) is 0.381. The van der Waals surface area contributed by atoms with Gasteiger partial charge in [0.1, 0.15) is 5.52 Å². The van der Waals surface area contributed by atoms with E-state index >= 15 is 0 Å². The Hall–Kier alpha value is -1.40. The Labute approximate surface area is 162 Å². The molecule has 1 aromatic heterocycles. The maximum Gasteiger partial charge on any atom is 0.227 e. The van der Waals surface area contributed by atoms with Crippen LogP contribution in [-0.4, -0.2) is 23.0 Å². The highest BCUT2D eigenvalue weighted by Gasteiger charge is 2.21. The monoisotopic (exact) mass is 446 g/mol. The van der Waals surface area contributed by atoms with Crippen molar-refractivity contribution in [3.8, 4) is 11.5 Å². The van der Waals surface area contributed by atoms with E-state index in [2.05, 4.69) is 71.7 Å². The van der Waals surface area contributed by atoms with Gasteiger partial charge in [0.25, 0.3) is 0 Å². The third-order valence-corrected chi connectivity index (χ3v) is 5.55. The molecule has 1 fully saturated rings. The first-order valence-electron chi connectivity index (χ1n) is 8.94. The minimum absolute atomic E-state index is 0.700. The number of fused-ring (bicyclic) bond motifs is 1. The van der Waals surface area contributed by atoms with E-state index in [1.807, 2.05) is 12.1 Å². The normalized spacial score (nSPS) is 21.7. The van der Waals surface area contributed by atoms with Gasteiger partial charge in [-0.2, -0.15) is 0 Å². The minimum Gasteiger partial charge on any atom is -0.436 e. The number of hydrogen-bond donors (Lipinski definition) is 0. The van der Waals surface area contributed by atoms with Gasteiger partial charge in [-0.05, 0) is 76.7 Å². The number of benzene rings is 2. The van der Waals surface area contributed by atoms with Crippen LogP contribution in [0, 0.1) is 15.4 Å². The van der Waals surface area contributed by atoms with Crippen LogP contribution in [0.5, 0.6) is 0 Å². The van der Waals surface area contributed by atoms with Gasteiger partial charge in [0.2, 0.25) is 5.89 Å². The number of oxazole rings is 1. The first kappa shape index (κ1) is 17.0. The van der Waals surface area contributed by atoms with Gasteiger partial charge in [0.15, 0.2) is 5.58 Å². The van der Waals surface area contributed by atoms with Crippen LogP contribution < -0.4 is 0 Å². The van der Waals surface area contributed by atoms with Crippen molar-refractivity contribution in [3.63, 3.8) is 0 Å². The highest BCUT2D eigenvalue weighted by atomic mass is 127. The molecule has 2 heterocycles. The first-order valence-corrected chi connectivity index (χ1v) is 10.0. The third kappa shape index (κ3) is 3.90. The fourth-order valence-electron chi connectivity index (χ4n) is 4.00. The second-order valence-electron chi connectivity index (χ2n) is 7.47. The predicted octanol–water partition coefficient (Wildman–Crippen LogP) is 5.58. The number of rotatable bonds is 3. The van der Waals surface area contributed by atoms with Crippen molar-refractivity contribution >= 4 is 33.7 Å². The molecule has 3 aromatic rings. The Morgan fingerprint density at radius 1 is 1.12 bits per heavy atom. The summed E-state index contributed by atoms with van der Waals surface area (Å²) in [5.41, 5.74) is 4.15. The van der Waals surface area contributed by atoms with Crippen molar-refractivity contribution in [2.75, 3.05) is 13.1 Å². The number of nitrogens with zero attached hydrogens (tertiary/aromatic N) is 2. The molecule has 0 radical (unpaired) electrons.